The first kappa shape index (κ1) is 14.8. The van der Waals surface area contributed by atoms with Crippen LogP contribution in [0.25, 0.3) is 21.9 Å². The zero-order chi connectivity index (χ0) is 16.1. The van der Waals surface area contributed by atoms with E-state index in [1.54, 1.807) is 18.2 Å². The van der Waals surface area contributed by atoms with Gasteiger partial charge in [-0.25, -0.2) is 4.98 Å². The van der Waals surface area contributed by atoms with Gasteiger partial charge in [0.25, 0.3) is 0 Å². The van der Waals surface area contributed by atoms with E-state index in [0.29, 0.717) is 16.3 Å². The minimum atomic E-state index is 0.0182. The van der Waals surface area contributed by atoms with E-state index in [0.717, 1.165) is 15.8 Å². The molecule has 0 aliphatic rings. The summed E-state index contributed by atoms with van der Waals surface area (Å²) in [5.41, 5.74) is 2.30. The van der Waals surface area contributed by atoms with Gasteiger partial charge in [-0.3, -0.25) is 0 Å². The Morgan fingerprint density at radius 1 is 1.13 bits per heavy atom. The van der Waals surface area contributed by atoms with Gasteiger partial charge < -0.3 is 4.74 Å². The lowest BCUT2D eigenvalue weighted by Gasteiger charge is -2.01. The summed E-state index contributed by atoms with van der Waals surface area (Å²) in [6.45, 7) is 0.0182. The number of rotatable bonds is 4. The van der Waals surface area contributed by atoms with Gasteiger partial charge in [0.2, 0.25) is 0 Å². The quantitative estimate of drug-likeness (QED) is 0.674. The summed E-state index contributed by atoms with van der Waals surface area (Å²) in [6, 6.07) is 19.2. The molecule has 5 heteroatoms. The molecule has 2 aromatic carbocycles. The van der Waals surface area contributed by atoms with Crippen molar-refractivity contribution in [2.75, 3.05) is 6.61 Å². The molecule has 0 saturated carbocycles. The number of hydrogen-bond donors (Lipinski definition) is 0. The number of nitriles is 2. The number of ether oxygens (including phenoxy) is 1. The van der Waals surface area contributed by atoms with E-state index in [-0.39, 0.29) is 6.61 Å². The Bertz CT molecular complexity index is 910. The van der Waals surface area contributed by atoms with Crippen LogP contribution in [0.3, 0.4) is 0 Å². The molecule has 0 atom stereocenters. The standard InChI is InChI=1S/C18H11N3OS/c19-9-10-22-15-7-5-13(6-8-15)11-14(12-20)18-21-16-3-1-2-4-17(16)23-18/h1-8,11H,10H2/b14-11+. The van der Waals surface area contributed by atoms with Crippen LogP contribution < -0.4 is 4.74 Å². The first-order valence-electron chi connectivity index (χ1n) is 6.88. The Labute approximate surface area is 137 Å². The van der Waals surface area contributed by atoms with Gasteiger partial charge in [-0.2, -0.15) is 10.5 Å². The van der Waals surface area contributed by atoms with Crippen LogP contribution in [0.1, 0.15) is 10.6 Å². The monoisotopic (exact) mass is 317 g/mol. The molecule has 0 fully saturated rings. The van der Waals surface area contributed by atoms with Crippen LogP contribution >= 0.6 is 11.3 Å². The van der Waals surface area contributed by atoms with E-state index in [4.69, 9.17) is 10.00 Å². The molecule has 0 saturated heterocycles. The van der Waals surface area contributed by atoms with E-state index >= 15 is 0 Å². The molecule has 0 radical (unpaired) electrons. The summed E-state index contributed by atoms with van der Waals surface area (Å²) < 4.78 is 6.27. The van der Waals surface area contributed by atoms with Gasteiger partial charge in [0.15, 0.2) is 6.61 Å². The minimum absolute atomic E-state index is 0.0182. The van der Waals surface area contributed by atoms with Crippen LogP contribution in [0.2, 0.25) is 0 Å². The van der Waals surface area contributed by atoms with Gasteiger partial charge in [0.05, 0.1) is 15.8 Å². The lowest BCUT2D eigenvalue weighted by Crippen LogP contribution is -1.92. The fourth-order valence-electron chi connectivity index (χ4n) is 2.07. The van der Waals surface area contributed by atoms with Gasteiger partial charge in [0, 0.05) is 0 Å². The molecular formula is C18H11N3OS. The SMILES string of the molecule is N#CCOc1ccc(/C=C(\C#N)c2nc3ccccc3s2)cc1. The van der Waals surface area contributed by atoms with Crippen LogP contribution in [0.4, 0.5) is 0 Å². The van der Waals surface area contributed by atoms with Crippen LogP contribution in [0, 0.1) is 22.7 Å². The largest absolute Gasteiger partial charge is 0.479 e. The number of allylic oxidation sites excluding steroid dienone is 1. The van der Waals surface area contributed by atoms with Crippen LogP contribution in [-0.2, 0) is 0 Å². The van der Waals surface area contributed by atoms with E-state index < -0.39 is 0 Å². The molecule has 1 aromatic heterocycles. The summed E-state index contributed by atoms with van der Waals surface area (Å²) in [6.07, 6.45) is 1.80. The Kier molecular flexibility index (Phi) is 4.33. The number of fused-ring (bicyclic) bond motifs is 1. The second kappa shape index (κ2) is 6.74. The van der Waals surface area contributed by atoms with Crippen molar-refractivity contribution in [3.63, 3.8) is 0 Å². The highest BCUT2D eigenvalue weighted by molar-refractivity contribution is 7.19. The molecule has 0 spiro atoms. The smallest absolute Gasteiger partial charge is 0.174 e. The molecule has 23 heavy (non-hydrogen) atoms. The lowest BCUT2D eigenvalue weighted by molar-refractivity contribution is 0.368. The summed E-state index contributed by atoms with van der Waals surface area (Å²) in [5, 5.41) is 18.6. The van der Waals surface area contributed by atoms with Gasteiger partial charge in [0.1, 0.15) is 22.9 Å². The third-order valence-corrected chi connectivity index (χ3v) is 4.21. The maximum atomic E-state index is 9.42. The van der Waals surface area contributed by atoms with E-state index in [2.05, 4.69) is 11.1 Å². The van der Waals surface area contributed by atoms with Crippen molar-refractivity contribution in [2.24, 2.45) is 0 Å². The fraction of sp³-hybridized carbons (Fsp3) is 0.0556. The van der Waals surface area contributed by atoms with E-state index in [9.17, 15) is 5.26 Å². The second-order valence-corrected chi connectivity index (χ2v) is 5.70. The third-order valence-electron chi connectivity index (χ3n) is 3.14. The van der Waals surface area contributed by atoms with Crippen molar-refractivity contribution >= 4 is 33.2 Å². The van der Waals surface area contributed by atoms with E-state index in [1.807, 2.05) is 42.5 Å². The van der Waals surface area contributed by atoms with Crippen LogP contribution in [0.15, 0.2) is 48.5 Å². The summed E-state index contributed by atoms with van der Waals surface area (Å²) in [5.74, 6) is 0.627. The van der Waals surface area contributed by atoms with Crippen molar-refractivity contribution in [2.45, 2.75) is 0 Å². The molecule has 4 nitrogen and oxygen atoms in total. The number of nitrogens with zero attached hydrogens (tertiary/aromatic N) is 3. The van der Waals surface area contributed by atoms with Gasteiger partial charge in [-0.15, -0.1) is 11.3 Å². The molecule has 1 heterocycles. The predicted molar refractivity (Wildman–Crippen MR) is 90.7 cm³/mol. The molecule has 0 bridgehead atoms. The van der Waals surface area contributed by atoms with Gasteiger partial charge in [-0.1, -0.05) is 24.3 Å². The Balaban J connectivity index is 1.89. The highest BCUT2D eigenvalue weighted by atomic mass is 32.1. The second-order valence-electron chi connectivity index (χ2n) is 4.67. The minimum Gasteiger partial charge on any atom is -0.479 e. The van der Waals surface area contributed by atoms with Crippen molar-refractivity contribution in [1.82, 2.24) is 4.98 Å². The predicted octanol–water partition coefficient (Wildman–Crippen LogP) is 4.26. The fourth-order valence-corrected chi connectivity index (χ4v) is 3.00. The van der Waals surface area contributed by atoms with Crippen molar-refractivity contribution < 1.29 is 4.74 Å². The zero-order valence-electron chi connectivity index (χ0n) is 12.1. The Morgan fingerprint density at radius 2 is 1.91 bits per heavy atom. The van der Waals surface area contributed by atoms with Crippen LogP contribution in [0.5, 0.6) is 5.75 Å². The molecular weight excluding hydrogens is 306 g/mol. The zero-order valence-corrected chi connectivity index (χ0v) is 12.9. The molecule has 0 aliphatic carbocycles. The van der Waals surface area contributed by atoms with Crippen molar-refractivity contribution in [3.05, 3.63) is 59.1 Å². The molecule has 3 rings (SSSR count). The number of thiazole rings is 1. The Morgan fingerprint density at radius 3 is 2.61 bits per heavy atom. The van der Waals surface area contributed by atoms with Crippen molar-refractivity contribution in [3.8, 4) is 17.9 Å². The number of para-hydroxylation sites is 1. The maximum absolute atomic E-state index is 9.42. The molecule has 0 unspecified atom stereocenters. The maximum Gasteiger partial charge on any atom is 0.174 e. The molecule has 3 aromatic rings. The van der Waals surface area contributed by atoms with E-state index in [1.165, 1.54) is 11.3 Å². The lowest BCUT2D eigenvalue weighted by atomic mass is 10.1. The summed E-state index contributed by atoms with van der Waals surface area (Å²) in [4.78, 5) is 4.51. The average Bonchev–Trinajstić information content (AvgIpc) is 3.02. The highest BCUT2D eigenvalue weighted by Crippen LogP contribution is 2.28. The highest BCUT2D eigenvalue weighted by Gasteiger charge is 2.08. The topological polar surface area (TPSA) is 69.7 Å². The van der Waals surface area contributed by atoms with Gasteiger partial charge >= 0.3 is 0 Å². The number of hydrogen-bond acceptors (Lipinski definition) is 5. The summed E-state index contributed by atoms with van der Waals surface area (Å²) >= 11 is 1.50. The van der Waals surface area contributed by atoms with Crippen molar-refractivity contribution in [1.29, 1.82) is 10.5 Å². The number of aromatic nitrogens is 1. The first-order valence-corrected chi connectivity index (χ1v) is 7.69. The van der Waals surface area contributed by atoms with Gasteiger partial charge in [-0.05, 0) is 35.9 Å². The Hall–Kier alpha value is -3.15. The number of benzene rings is 2. The third kappa shape index (κ3) is 3.37. The summed E-state index contributed by atoms with van der Waals surface area (Å²) in [7, 11) is 0. The normalized spacial score (nSPS) is 11.0. The molecule has 110 valence electrons. The first-order chi connectivity index (χ1) is 11.3. The molecule has 0 aliphatic heterocycles. The average molecular weight is 317 g/mol. The molecule has 0 amide bonds. The molecule has 0 N–H and O–H groups in total. The van der Waals surface area contributed by atoms with Crippen LogP contribution in [-0.4, -0.2) is 11.6 Å².